The van der Waals surface area contributed by atoms with Gasteiger partial charge in [0.1, 0.15) is 0 Å². The molecule has 0 radical (unpaired) electrons. The number of hydrogen-bond acceptors (Lipinski definition) is 4. The van der Waals surface area contributed by atoms with E-state index in [-0.39, 0.29) is 29.4 Å². The summed E-state index contributed by atoms with van der Waals surface area (Å²) in [5, 5.41) is 5.34. The largest absolute Gasteiger partial charge is 0.349 e. The van der Waals surface area contributed by atoms with Crippen LogP contribution < -0.4 is 10.6 Å². The molecule has 2 rings (SSSR count). The number of carbonyl (C=O) groups is 2. The van der Waals surface area contributed by atoms with E-state index in [4.69, 9.17) is 0 Å². The van der Waals surface area contributed by atoms with Gasteiger partial charge in [-0.3, -0.25) is 9.59 Å². The van der Waals surface area contributed by atoms with Crippen LogP contribution >= 0.6 is 0 Å². The number of amides is 2. The summed E-state index contributed by atoms with van der Waals surface area (Å²) in [6, 6.07) is 5.86. The summed E-state index contributed by atoms with van der Waals surface area (Å²) >= 11 is 0. The van der Waals surface area contributed by atoms with Gasteiger partial charge < -0.3 is 10.6 Å². The van der Waals surface area contributed by atoms with Crippen LogP contribution in [0.2, 0.25) is 0 Å². The first kappa shape index (κ1) is 16.2. The first-order valence-electron chi connectivity index (χ1n) is 6.92. The molecule has 1 fully saturated rings. The highest BCUT2D eigenvalue weighted by Crippen LogP contribution is 2.12. The van der Waals surface area contributed by atoms with E-state index in [1.165, 1.54) is 0 Å². The standard InChI is InChI=1S/C15H18N2O4S/c1-2-8-16-14(18)11-3-5-12(6-4-11)15(19)17-13-7-9-22(20,21)10-13/h2-6,13H,1,7-10H2,(H,16,18)(H,17,19). The quantitative estimate of drug-likeness (QED) is 0.773. The Labute approximate surface area is 129 Å². The van der Waals surface area contributed by atoms with Gasteiger partial charge in [0.15, 0.2) is 9.84 Å². The zero-order valence-corrected chi connectivity index (χ0v) is 12.9. The van der Waals surface area contributed by atoms with Gasteiger partial charge in [0.2, 0.25) is 0 Å². The van der Waals surface area contributed by atoms with Crippen LogP contribution in [0.3, 0.4) is 0 Å². The Morgan fingerprint density at radius 1 is 1.18 bits per heavy atom. The van der Waals surface area contributed by atoms with Crippen molar-refractivity contribution in [3.05, 3.63) is 48.0 Å². The lowest BCUT2D eigenvalue weighted by Gasteiger charge is -2.11. The lowest BCUT2D eigenvalue weighted by atomic mass is 10.1. The molecule has 1 saturated heterocycles. The number of benzene rings is 1. The van der Waals surface area contributed by atoms with Crippen LogP contribution in [0.5, 0.6) is 0 Å². The molecular formula is C15H18N2O4S. The van der Waals surface area contributed by atoms with E-state index in [2.05, 4.69) is 17.2 Å². The summed E-state index contributed by atoms with van der Waals surface area (Å²) in [5.74, 6) is -0.477. The van der Waals surface area contributed by atoms with Gasteiger partial charge >= 0.3 is 0 Å². The maximum atomic E-state index is 12.0. The molecule has 0 bridgehead atoms. The second-order valence-corrected chi connectivity index (χ2v) is 7.38. The number of carbonyl (C=O) groups excluding carboxylic acids is 2. The van der Waals surface area contributed by atoms with E-state index >= 15 is 0 Å². The Morgan fingerprint density at radius 2 is 1.77 bits per heavy atom. The third-order valence-electron chi connectivity index (χ3n) is 3.38. The van der Waals surface area contributed by atoms with Crippen molar-refractivity contribution >= 4 is 21.7 Å². The van der Waals surface area contributed by atoms with Gasteiger partial charge in [-0.25, -0.2) is 8.42 Å². The van der Waals surface area contributed by atoms with Gasteiger partial charge in [-0.05, 0) is 30.7 Å². The van der Waals surface area contributed by atoms with Crippen LogP contribution in [0.25, 0.3) is 0 Å². The van der Waals surface area contributed by atoms with Crippen LogP contribution in [0.4, 0.5) is 0 Å². The monoisotopic (exact) mass is 322 g/mol. The van der Waals surface area contributed by atoms with Crippen molar-refractivity contribution in [1.29, 1.82) is 0 Å². The van der Waals surface area contributed by atoms with E-state index in [0.717, 1.165) is 0 Å². The zero-order valence-electron chi connectivity index (χ0n) is 12.0. The second kappa shape index (κ2) is 6.74. The van der Waals surface area contributed by atoms with Crippen LogP contribution in [-0.4, -0.2) is 44.3 Å². The minimum absolute atomic E-state index is 0.0131. The predicted molar refractivity (Wildman–Crippen MR) is 83.5 cm³/mol. The van der Waals surface area contributed by atoms with Crippen molar-refractivity contribution in [2.75, 3.05) is 18.1 Å². The summed E-state index contributed by atoms with van der Waals surface area (Å²) in [4.78, 5) is 23.8. The molecule has 2 amide bonds. The summed E-state index contributed by atoms with van der Waals surface area (Å²) in [6.07, 6.45) is 2.02. The predicted octanol–water partition coefficient (Wildman–Crippen LogP) is 0.519. The molecule has 1 aliphatic heterocycles. The normalized spacial score (nSPS) is 19.4. The number of rotatable bonds is 5. The minimum atomic E-state index is -3.03. The van der Waals surface area contributed by atoms with E-state index < -0.39 is 9.84 Å². The molecule has 7 heteroatoms. The van der Waals surface area contributed by atoms with Crippen molar-refractivity contribution in [3.63, 3.8) is 0 Å². The van der Waals surface area contributed by atoms with Crippen molar-refractivity contribution < 1.29 is 18.0 Å². The van der Waals surface area contributed by atoms with Gasteiger partial charge in [0, 0.05) is 23.7 Å². The van der Waals surface area contributed by atoms with Crippen LogP contribution in [0, 0.1) is 0 Å². The highest BCUT2D eigenvalue weighted by Gasteiger charge is 2.29. The molecule has 1 aliphatic rings. The SMILES string of the molecule is C=CCNC(=O)c1ccc(C(=O)NC2CCS(=O)(=O)C2)cc1. The highest BCUT2D eigenvalue weighted by atomic mass is 32.2. The highest BCUT2D eigenvalue weighted by molar-refractivity contribution is 7.91. The molecule has 118 valence electrons. The summed E-state index contributed by atoms with van der Waals surface area (Å²) in [7, 11) is -3.03. The average molecular weight is 322 g/mol. The first-order chi connectivity index (χ1) is 10.4. The molecule has 6 nitrogen and oxygen atoms in total. The van der Waals surface area contributed by atoms with E-state index in [1.54, 1.807) is 30.3 Å². The molecule has 1 heterocycles. The van der Waals surface area contributed by atoms with Gasteiger partial charge in [0.25, 0.3) is 11.8 Å². The lowest BCUT2D eigenvalue weighted by Crippen LogP contribution is -2.35. The fraction of sp³-hybridized carbons (Fsp3) is 0.333. The fourth-order valence-electron chi connectivity index (χ4n) is 2.22. The number of sulfone groups is 1. The van der Waals surface area contributed by atoms with Crippen LogP contribution in [0.1, 0.15) is 27.1 Å². The average Bonchev–Trinajstić information content (AvgIpc) is 2.83. The third kappa shape index (κ3) is 4.17. The molecule has 1 atom stereocenters. The van der Waals surface area contributed by atoms with Gasteiger partial charge in [-0.15, -0.1) is 6.58 Å². The van der Waals surface area contributed by atoms with Gasteiger partial charge in [0.05, 0.1) is 11.5 Å². The number of nitrogens with one attached hydrogen (secondary N) is 2. The molecule has 0 aromatic heterocycles. The maximum absolute atomic E-state index is 12.0. The Kier molecular flexibility index (Phi) is 4.97. The second-order valence-electron chi connectivity index (χ2n) is 5.15. The van der Waals surface area contributed by atoms with Gasteiger partial charge in [-0.1, -0.05) is 6.08 Å². The Morgan fingerprint density at radius 3 is 2.27 bits per heavy atom. The molecule has 0 spiro atoms. The van der Waals surface area contributed by atoms with Crippen molar-refractivity contribution in [2.45, 2.75) is 12.5 Å². The Balaban J connectivity index is 1.96. The van der Waals surface area contributed by atoms with Gasteiger partial charge in [-0.2, -0.15) is 0 Å². The third-order valence-corrected chi connectivity index (χ3v) is 5.15. The summed E-state index contributed by atoms with van der Waals surface area (Å²) in [6.45, 7) is 3.88. The molecule has 1 unspecified atom stereocenters. The maximum Gasteiger partial charge on any atom is 0.251 e. The molecule has 0 aliphatic carbocycles. The topological polar surface area (TPSA) is 92.3 Å². The fourth-order valence-corrected chi connectivity index (χ4v) is 3.89. The van der Waals surface area contributed by atoms with Crippen molar-refractivity contribution in [2.24, 2.45) is 0 Å². The van der Waals surface area contributed by atoms with Crippen LogP contribution in [-0.2, 0) is 9.84 Å². The Bertz CT molecular complexity index is 680. The summed E-state index contributed by atoms with van der Waals surface area (Å²) in [5.41, 5.74) is 0.839. The van der Waals surface area contributed by atoms with E-state index in [9.17, 15) is 18.0 Å². The lowest BCUT2D eigenvalue weighted by molar-refractivity contribution is 0.0935. The zero-order chi connectivity index (χ0) is 16.2. The smallest absolute Gasteiger partial charge is 0.251 e. The molecule has 22 heavy (non-hydrogen) atoms. The first-order valence-corrected chi connectivity index (χ1v) is 8.74. The van der Waals surface area contributed by atoms with E-state index in [1.807, 2.05) is 0 Å². The number of hydrogen-bond donors (Lipinski definition) is 2. The van der Waals surface area contributed by atoms with Crippen molar-refractivity contribution in [3.8, 4) is 0 Å². The summed E-state index contributed by atoms with van der Waals surface area (Å²) < 4.78 is 22.7. The van der Waals surface area contributed by atoms with E-state index in [0.29, 0.717) is 24.1 Å². The molecule has 0 saturated carbocycles. The van der Waals surface area contributed by atoms with Crippen LogP contribution in [0.15, 0.2) is 36.9 Å². The molecule has 1 aromatic rings. The van der Waals surface area contributed by atoms with Crippen molar-refractivity contribution in [1.82, 2.24) is 10.6 Å². The molecule has 2 N–H and O–H groups in total. The molecular weight excluding hydrogens is 304 g/mol. The molecule has 1 aromatic carbocycles. The minimum Gasteiger partial charge on any atom is -0.349 e. The Hall–Kier alpha value is -2.15.